The lowest BCUT2D eigenvalue weighted by Crippen LogP contribution is -2.15. The van der Waals surface area contributed by atoms with Crippen LogP contribution >= 0.6 is 0 Å². The Morgan fingerprint density at radius 1 is 0.957 bits per heavy atom. The molecular formula is C18H12O5. The molecule has 0 N–H and O–H groups in total. The van der Waals surface area contributed by atoms with Gasteiger partial charge in [-0.1, -0.05) is 18.2 Å². The predicted molar refractivity (Wildman–Crippen MR) is 82.2 cm³/mol. The normalized spacial score (nSPS) is 12.7. The third-order valence-electron chi connectivity index (χ3n) is 3.41. The monoisotopic (exact) mass is 308 g/mol. The lowest BCUT2D eigenvalue weighted by Gasteiger charge is -2.15. The summed E-state index contributed by atoms with van der Waals surface area (Å²) in [6.07, 6.45) is 2.38. The number of methoxy groups -OCH3 is 1. The van der Waals surface area contributed by atoms with Gasteiger partial charge in [0.15, 0.2) is 11.6 Å². The van der Waals surface area contributed by atoms with Crippen molar-refractivity contribution in [2.75, 3.05) is 7.11 Å². The fraction of sp³-hybridized carbons (Fsp3) is 0.0556. The third-order valence-corrected chi connectivity index (χ3v) is 3.41. The Labute approximate surface area is 132 Å². The summed E-state index contributed by atoms with van der Waals surface area (Å²) in [7, 11) is 1.38. The summed E-state index contributed by atoms with van der Waals surface area (Å²) in [5.74, 6) is -0.877. The fourth-order valence-electron chi connectivity index (χ4n) is 2.32. The molecule has 0 saturated carbocycles. The van der Waals surface area contributed by atoms with E-state index in [9.17, 15) is 14.4 Å². The van der Waals surface area contributed by atoms with Crippen molar-refractivity contribution in [3.05, 3.63) is 71.3 Å². The highest BCUT2D eigenvalue weighted by molar-refractivity contribution is 6.23. The molecule has 1 aliphatic rings. The number of esters is 1. The fourth-order valence-corrected chi connectivity index (χ4v) is 2.32. The zero-order chi connectivity index (χ0) is 16.4. The third kappa shape index (κ3) is 2.76. The summed E-state index contributed by atoms with van der Waals surface area (Å²) in [6.45, 7) is 0. The van der Waals surface area contributed by atoms with Crippen molar-refractivity contribution in [3.8, 4) is 11.5 Å². The SMILES string of the molecule is COc1cc(OC(=O)c2ccccc2)cc2c1C(=O)C=CC2=O. The van der Waals surface area contributed by atoms with E-state index in [1.165, 1.54) is 31.4 Å². The number of hydrogen-bond acceptors (Lipinski definition) is 5. The summed E-state index contributed by atoms with van der Waals surface area (Å²) in [4.78, 5) is 36.0. The smallest absolute Gasteiger partial charge is 0.343 e. The first kappa shape index (κ1) is 14.7. The molecule has 0 spiro atoms. The van der Waals surface area contributed by atoms with E-state index >= 15 is 0 Å². The zero-order valence-corrected chi connectivity index (χ0v) is 12.2. The van der Waals surface area contributed by atoms with Crippen LogP contribution in [0.3, 0.4) is 0 Å². The van der Waals surface area contributed by atoms with Crippen molar-refractivity contribution < 1.29 is 23.9 Å². The van der Waals surface area contributed by atoms with Crippen molar-refractivity contribution in [2.24, 2.45) is 0 Å². The first-order chi connectivity index (χ1) is 11.1. The molecule has 0 fully saturated rings. The van der Waals surface area contributed by atoms with Gasteiger partial charge >= 0.3 is 5.97 Å². The van der Waals surface area contributed by atoms with Crippen molar-refractivity contribution in [2.45, 2.75) is 0 Å². The van der Waals surface area contributed by atoms with Gasteiger partial charge in [0.1, 0.15) is 11.5 Å². The quantitative estimate of drug-likeness (QED) is 0.644. The van der Waals surface area contributed by atoms with Gasteiger partial charge in [-0.25, -0.2) is 4.79 Å². The number of hydrogen-bond donors (Lipinski definition) is 0. The second-order valence-electron chi connectivity index (χ2n) is 4.87. The van der Waals surface area contributed by atoms with Crippen molar-refractivity contribution in [1.29, 1.82) is 0 Å². The Morgan fingerprint density at radius 3 is 2.35 bits per heavy atom. The zero-order valence-electron chi connectivity index (χ0n) is 12.2. The highest BCUT2D eigenvalue weighted by Gasteiger charge is 2.25. The van der Waals surface area contributed by atoms with Gasteiger partial charge in [0.05, 0.1) is 18.2 Å². The standard InChI is InChI=1S/C18H12O5/c1-22-16-10-12(23-18(21)11-5-3-2-4-6-11)9-13-14(19)7-8-15(20)17(13)16/h2-10H,1H3. The average Bonchev–Trinajstić information content (AvgIpc) is 2.58. The molecule has 2 aromatic carbocycles. The van der Waals surface area contributed by atoms with Gasteiger partial charge in [-0.15, -0.1) is 0 Å². The van der Waals surface area contributed by atoms with Crippen LogP contribution in [0.4, 0.5) is 0 Å². The summed E-state index contributed by atoms with van der Waals surface area (Å²) in [5, 5.41) is 0. The number of benzene rings is 2. The van der Waals surface area contributed by atoms with Crippen LogP contribution in [0.1, 0.15) is 31.1 Å². The molecule has 5 nitrogen and oxygen atoms in total. The maximum absolute atomic E-state index is 12.1. The van der Waals surface area contributed by atoms with Gasteiger partial charge < -0.3 is 9.47 Å². The number of ether oxygens (including phenoxy) is 2. The first-order valence-corrected chi connectivity index (χ1v) is 6.86. The number of carbonyl (C=O) groups excluding carboxylic acids is 3. The molecule has 23 heavy (non-hydrogen) atoms. The number of ketones is 2. The van der Waals surface area contributed by atoms with Crippen LogP contribution in [0, 0.1) is 0 Å². The Bertz CT molecular complexity index is 834. The maximum atomic E-state index is 12.1. The van der Waals surface area contributed by atoms with Crippen molar-refractivity contribution in [3.63, 3.8) is 0 Å². The van der Waals surface area contributed by atoms with Gasteiger partial charge in [-0.3, -0.25) is 9.59 Å². The molecule has 0 saturated heterocycles. The largest absolute Gasteiger partial charge is 0.496 e. The van der Waals surface area contributed by atoms with Gasteiger partial charge in [-0.05, 0) is 30.4 Å². The van der Waals surface area contributed by atoms with Crippen molar-refractivity contribution >= 4 is 17.5 Å². The second kappa shape index (κ2) is 5.88. The van der Waals surface area contributed by atoms with E-state index in [1.54, 1.807) is 30.3 Å². The maximum Gasteiger partial charge on any atom is 0.343 e. The molecule has 0 bridgehead atoms. The number of allylic oxidation sites excluding steroid dienone is 2. The molecule has 114 valence electrons. The number of carbonyl (C=O) groups is 3. The molecule has 0 radical (unpaired) electrons. The topological polar surface area (TPSA) is 69.7 Å². The first-order valence-electron chi connectivity index (χ1n) is 6.86. The van der Waals surface area contributed by atoms with Crippen molar-refractivity contribution in [1.82, 2.24) is 0 Å². The minimum Gasteiger partial charge on any atom is -0.496 e. The van der Waals surface area contributed by atoms with E-state index in [0.717, 1.165) is 0 Å². The minimum atomic E-state index is -0.558. The lowest BCUT2D eigenvalue weighted by molar-refractivity contribution is 0.0733. The lowest BCUT2D eigenvalue weighted by atomic mass is 9.93. The Hall–Kier alpha value is -3.21. The predicted octanol–water partition coefficient (Wildman–Crippen LogP) is 2.85. The second-order valence-corrected chi connectivity index (χ2v) is 4.87. The highest BCUT2D eigenvalue weighted by Crippen LogP contribution is 2.32. The summed E-state index contributed by atoms with van der Waals surface area (Å²) < 4.78 is 10.4. The summed E-state index contributed by atoms with van der Waals surface area (Å²) >= 11 is 0. The van der Waals surface area contributed by atoms with Crippen LogP contribution in [-0.4, -0.2) is 24.6 Å². The van der Waals surface area contributed by atoms with Gasteiger partial charge in [0, 0.05) is 11.6 Å². The molecule has 5 heteroatoms. The Balaban J connectivity index is 1.99. The molecule has 0 amide bonds. The molecule has 0 aromatic heterocycles. The summed E-state index contributed by atoms with van der Waals surface area (Å²) in [6, 6.07) is 11.3. The molecule has 1 aliphatic carbocycles. The highest BCUT2D eigenvalue weighted by atomic mass is 16.5. The summed E-state index contributed by atoms with van der Waals surface area (Å²) in [5.41, 5.74) is 0.721. The molecule has 0 aliphatic heterocycles. The molecule has 0 atom stereocenters. The van der Waals surface area contributed by atoms with Crippen LogP contribution < -0.4 is 9.47 Å². The number of fused-ring (bicyclic) bond motifs is 1. The van der Waals surface area contributed by atoms with Gasteiger partial charge in [0.2, 0.25) is 0 Å². The average molecular weight is 308 g/mol. The van der Waals surface area contributed by atoms with Gasteiger partial charge in [-0.2, -0.15) is 0 Å². The van der Waals surface area contributed by atoms with E-state index in [2.05, 4.69) is 0 Å². The van der Waals surface area contributed by atoms with Crippen LogP contribution in [-0.2, 0) is 0 Å². The molecule has 0 unspecified atom stereocenters. The molecule has 2 aromatic rings. The van der Waals surface area contributed by atoms with Gasteiger partial charge in [0.25, 0.3) is 0 Å². The van der Waals surface area contributed by atoms with Crippen LogP contribution in [0.2, 0.25) is 0 Å². The molecule has 3 rings (SSSR count). The Morgan fingerprint density at radius 2 is 1.65 bits per heavy atom. The molecular weight excluding hydrogens is 296 g/mol. The van der Waals surface area contributed by atoms with E-state index in [-0.39, 0.29) is 34.2 Å². The molecule has 0 heterocycles. The van der Waals surface area contributed by atoms with E-state index in [0.29, 0.717) is 5.56 Å². The van der Waals surface area contributed by atoms with Crippen LogP contribution in [0.25, 0.3) is 0 Å². The van der Waals surface area contributed by atoms with Crippen LogP contribution in [0.15, 0.2) is 54.6 Å². The Kier molecular flexibility index (Phi) is 3.76. The van der Waals surface area contributed by atoms with E-state index in [4.69, 9.17) is 9.47 Å². The van der Waals surface area contributed by atoms with Crippen LogP contribution in [0.5, 0.6) is 11.5 Å². The number of rotatable bonds is 3. The van der Waals surface area contributed by atoms with E-state index in [1.807, 2.05) is 0 Å². The van der Waals surface area contributed by atoms with E-state index < -0.39 is 5.97 Å². The minimum absolute atomic E-state index is 0.144.